The van der Waals surface area contributed by atoms with Crippen LogP contribution in [0.4, 0.5) is 13.2 Å². The Kier molecular flexibility index (Phi) is 12.0. The molecule has 0 spiro atoms. The molecular formula is C34H57F3O4SSi2. The van der Waals surface area contributed by atoms with Gasteiger partial charge in [0.05, 0.1) is 13.2 Å². The number of halogens is 3. The van der Waals surface area contributed by atoms with Gasteiger partial charge in [-0.1, -0.05) is 46.3 Å². The second kappa shape index (κ2) is 14.0. The molecule has 2 aliphatic carbocycles. The fraction of sp³-hybridized carbons (Fsp3) is 0.794. The smallest absolute Gasteiger partial charge is 0.416 e. The summed E-state index contributed by atoms with van der Waals surface area (Å²) in [5.74, 6) is -1.23. The third kappa shape index (κ3) is 8.49. The minimum atomic E-state index is -4.46. The third-order valence-corrected chi connectivity index (χ3v) is 17.2. The maximum atomic E-state index is 15.1. The molecule has 1 aromatic rings. The number of ether oxygens (including phenoxy) is 1. The summed E-state index contributed by atoms with van der Waals surface area (Å²) >= 11 is 1.40. The molecule has 0 amide bonds. The number of carbonyl (C=O) groups excluding carboxylic acids is 1. The molecule has 44 heavy (non-hydrogen) atoms. The summed E-state index contributed by atoms with van der Waals surface area (Å²) in [6, 6.07) is 3.68. The van der Waals surface area contributed by atoms with Crippen LogP contribution in [0.5, 0.6) is 0 Å². The van der Waals surface area contributed by atoms with Crippen molar-refractivity contribution in [2.24, 2.45) is 17.3 Å². The molecule has 0 N–H and O–H groups in total. The molecule has 4 nitrogen and oxygen atoms in total. The summed E-state index contributed by atoms with van der Waals surface area (Å²) in [4.78, 5) is 13.5. The van der Waals surface area contributed by atoms with Crippen LogP contribution >= 0.6 is 11.3 Å². The third-order valence-electron chi connectivity index (χ3n) is 10.6. The maximum absolute atomic E-state index is 15.1. The van der Waals surface area contributed by atoms with E-state index < -0.39 is 34.3 Å². The molecule has 4 atom stereocenters. The van der Waals surface area contributed by atoms with E-state index in [2.05, 4.69) is 40.8 Å². The quantitative estimate of drug-likeness (QED) is 0.112. The fourth-order valence-electron chi connectivity index (χ4n) is 6.92. The van der Waals surface area contributed by atoms with Crippen molar-refractivity contribution in [3.63, 3.8) is 0 Å². The van der Waals surface area contributed by atoms with Gasteiger partial charge in [-0.15, -0.1) is 11.3 Å². The number of hydrogen-bond acceptors (Lipinski definition) is 5. The molecule has 0 aromatic carbocycles. The van der Waals surface area contributed by atoms with Gasteiger partial charge in [0.25, 0.3) is 0 Å². The van der Waals surface area contributed by atoms with Gasteiger partial charge in [0.2, 0.25) is 0 Å². The van der Waals surface area contributed by atoms with Gasteiger partial charge in [0.15, 0.2) is 22.2 Å². The van der Waals surface area contributed by atoms with Crippen molar-refractivity contribution >= 4 is 33.9 Å². The number of hydrogen-bond donors (Lipinski definition) is 0. The Morgan fingerprint density at radius 1 is 1.11 bits per heavy atom. The molecule has 2 aliphatic rings. The SMILES string of the molecule is CCC1(C(C/C=C/[C@@H]2[C@@H](CCCc3ccc(C(=O)OC)s3)CC[C@@]2(O[Si](C)(C)C)C(F)(F)F)O[Si](C)(C)C(C)(C)C)CCC1. The zero-order valence-corrected chi connectivity index (χ0v) is 31.6. The molecule has 3 rings (SSSR count). The zero-order valence-electron chi connectivity index (χ0n) is 28.8. The van der Waals surface area contributed by atoms with Crippen LogP contribution in [0.25, 0.3) is 0 Å². The van der Waals surface area contributed by atoms with Gasteiger partial charge < -0.3 is 13.6 Å². The molecule has 1 aromatic heterocycles. The van der Waals surface area contributed by atoms with E-state index in [-0.39, 0.29) is 34.9 Å². The highest BCUT2D eigenvalue weighted by atomic mass is 32.1. The summed E-state index contributed by atoms with van der Waals surface area (Å²) < 4.78 is 63.4. The van der Waals surface area contributed by atoms with Crippen molar-refractivity contribution in [2.45, 2.75) is 148 Å². The first kappa shape index (κ1) is 37.5. The van der Waals surface area contributed by atoms with Crippen molar-refractivity contribution in [2.75, 3.05) is 7.11 Å². The van der Waals surface area contributed by atoms with Crippen LogP contribution in [0.2, 0.25) is 37.8 Å². The highest BCUT2D eigenvalue weighted by Gasteiger charge is 2.65. The number of aryl methyl sites for hydroxylation is 1. The van der Waals surface area contributed by atoms with Gasteiger partial charge in [-0.2, -0.15) is 13.2 Å². The molecular weight excluding hydrogens is 618 g/mol. The predicted molar refractivity (Wildman–Crippen MR) is 180 cm³/mol. The van der Waals surface area contributed by atoms with E-state index in [0.29, 0.717) is 24.1 Å². The average molecular weight is 675 g/mol. The van der Waals surface area contributed by atoms with Gasteiger partial charge in [-0.3, -0.25) is 0 Å². The lowest BCUT2D eigenvalue weighted by Gasteiger charge is -2.51. The lowest BCUT2D eigenvalue weighted by atomic mass is 9.63. The number of thiophene rings is 1. The Hall–Kier alpha value is -0.946. The van der Waals surface area contributed by atoms with E-state index in [9.17, 15) is 4.79 Å². The summed E-state index contributed by atoms with van der Waals surface area (Å²) in [6.45, 7) is 19.1. The molecule has 0 radical (unpaired) electrons. The standard InChI is InChI=1S/C34H57F3O4SSi2/c1-11-32(22-14-23-32)29(40-44(9,10)31(2,3)4)18-13-17-27-25(15-12-16-26-19-20-28(42-26)30(38)39-5)21-24-33(27,34(35,36)37)41-43(6,7)8/h13,17,19-20,25,27,29H,11-12,14-16,18,21-24H2,1-10H3/b17-13+/t25-,27+,29?,33-/m0/s1. The van der Waals surface area contributed by atoms with Crippen molar-refractivity contribution in [3.8, 4) is 0 Å². The number of methoxy groups -OCH3 is 1. The van der Waals surface area contributed by atoms with Crippen LogP contribution in [0.15, 0.2) is 24.3 Å². The van der Waals surface area contributed by atoms with E-state index in [4.69, 9.17) is 13.6 Å². The average Bonchev–Trinajstić information content (AvgIpc) is 3.47. The number of carbonyl (C=O) groups is 1. The van der Waals surface area contributed by atoms with Gasteiger partial charge >= 0.3 is 12.1 Å². The molecule has 2 fully saturated rings. The highest BCUT2D eigenvalue weighted by molar-refractivity contribution is 7.13. The molecule has 252 valence electrons. The molecule has 1 unspecified atom stereocenters. The minimum Gasteiger partial charge on any atom is -0.465 e. The van der Waals surface area contributed by atoms with Crippen LogP contribution in [0, 0.1) is 17.3 Å². The predicted octanol–water partition coefficient (Wildman–Crippen LogP) is 11.0. The van der Waals surface area contributed by atoms with E-state index >= 15 is 13.2 Å². The number of esters is 1. The minimum absolute atomic E-state index is 0.00523. The largest absolute Gasteiger partial charge is 0.465 e. The Balaban J connectivity index is 1.88. The summed E-state index contributed by atoms with van der Waals surface area (Å²) in [5.41, 5.74) is -2.05. The summed E-state index contributed by atoms with van der Waals surface area (Å²) in [5, 5.41) is 0.0565. The molecule has 10 heteroatoms. The lowest BCUT2D eigenvalue weighted by molar-refractivity contribution is -0.261. The van der Waals surface area contributed by atoms with Crippen LogP contribution in [0.3, 0.4) is 0 Å². The summed E-state index contributed by atoms with van der Waals surface area (Å²) in [7, 11) is -3.25. The molecule has 0 bridgehead atoms. The monoisotopic (exact) mass is 674 g/mol. The Bertz CT molecular complexity index is 1130. The highest BCUT2D eigenvalue weighted by Crippen LogP contribution is 2.56. The Labute approximate surface area is 270 Å². The molecule has 1 heterocycles. The topological polar surface area (TPSA) is 44.8 Å². The van der Waals surface area contributed by atoms with Gasteiger partial charge in [-0.25, -0.2) is 4.79 Å². The van der Waals surface area contributed by atoms with Crippen LogP contribution < -0.4 is 0 Å². The summed E-state index contributed by atoms with van der Waals surface area (Å²) in [6.07, 6.45) is 7.17. The van der Waals surface area contributed by atoms with Crippen LogP contribution in [-0.4, -0.2) is 47.6 Å². The van der Waals surface area contributed by atoms with Gasteiger partial charge in [0.1, 0.15) is 4.88 Å². The zero-order chi connectivity index (χ0) is 33.2. The molecule has 0 saturated heterocycles. The normalized spacial score (nSPS) is 25.3. The second-order valence-electron chi connectivity index (χ2n) is 15.7. The Morgan fingerprint density at radius 2 is 1.77 bits per heavy atom. The van der Waals surface area contributed by atoms with Crippen molar-refractivity contribution in [1.82, 2.24) is 0 Å². The fourth-order valence-corrected chi connectivity index (χ4v) is 10.7. The van der Waals surface area contributed by atoms with Crippen molar-refractivity contribution < 1.29 is 31.6 Å². The molecule has 0 aliphatic heterocycles. The van der Waals surface area contributed by atoms with Crippen LogP contribution in [-0.2, 0) is 20.0 Å². The van der Waals surface area contributed by atoms with E-state index in [1.165, 1.54) is 24.9 Å². The van der Waals surface area contributed by atoms with Crippen molar-refractivity contribution in [1.29, 1.82) is 0 Å². The van der Waals surface area contributed by atoms with E-state index in [0.717, 1.165) is 37.0 Å². The maximum Gasteiger partial charge on any atom is 0.416 e. The molecule has 2 saturated carbocycles. The second-order valence-corrected chi connectivity index (χ2v) is 26.0. The first-order valence-electron chi connectivity index (χ1n) is 16.5. The van der Waals surface area contributed by atoms with Gasteiger partial charge in [-0.05, 0) is 119 Å². The lowest BCUT2D eigenvalue weighted by Crippen LogP contribution is -2.56. The van der Waals surface area contributed by atoms with E-state index in [1.54, 1.807) is 6.07 Å². The van der Waals surface area contributed by atoms with E-state index in [1.807, 2.05) is 37.9 Å². The van der Waals surface area contributed by atoms with Crippen molar-refractivity contribution in [3.05, 3.63) is 34.0 Å². The van der Waals surface area contributed by atoms with Crippen LogP contribution in [0.1, 0.15) is 100 Å². The first-order chi connectivity index (χ1) is 20.2. The number of alkyl halides is 3. The first-order valence-corrected chi connectivity index (χ1v) is 23.6. The Morgan fingerprint density at radius 3 is 2.27 bits per heavy atom. The number of rotatable bonds is 14. The van der Waals surface area contributed by atoms with Gasteiger partial charge in [0, 0.05) is 10.8 Å².